The number of carboxylic acids is 1. The van der Waals surface area contributed by atoms with Crippen LogP contribution in [-0.2, 0) is 14.3 Å². The molecule has 0 spiro atoms. The SMILES string of the molecule is CSCC(OC(=O)C(C)O)C(=O)O. The molecule has 2 N–H and O–H groups in total. The molecule has 0 heterocycles. The van der Waals surface area contributed by atoms with E-state index in [4.69, 9.17) is 10.2 Å². The molecular formula is C7H12O5S. The lowest BCUT2D eigenvalue weighted by molar-refractivity contribution is -0.167. The van der Waals surface area contributed by atoms with E-state index in [1.807, 2.05) is 0 Å². The summed E-state index contributed by atoms with van der Waals surface area (Å²) in [6.07, 6.45) is -0.771. The molecule has 0 aliphatic rings. The first-order valence-corrected chi connectivity index (χ1v) is 4.98. The molecule has 0 saturated heterocycles. The minimum atomic E-state index is -1.29. The van der Waals surface area contributed by atoms with E-state index in [0.717, 1.165) is 0 Å². The molecule has 0 aliphatic heterocycles. The number of ether oxygens (including phenoxy) is 1. The van der Waals surface area contributed by atoms with Crippen LogP contribution in [0, 0.1) is 0 Å². The van der Waals surface area contributed by atoms with Crippen molar-refractivity contribution in [3.8, 4) is 0 Å². The summed E-state index contributed by atoms with van der Waals surface area (Å²) in [7, 11) is 0. The Morgan fingerprint density at radius 1 is 1.54 bits per heavy atom. The normalized spacial score (nSPS) is 14.7. The fourth-order valence-corrected chi connectivity index (χ4v) is 1.06. The first-order valence-electron chi connectivity index (χ1n) is 3.59. The van der Waals surface area contributed by atoms with Gasteiger partial charge in [-0.3, -0.25) is 0 Å². The van der Waals surface area contributed by atoms with Crippen LogP contribution in [0.1, 0.15) is 6.92 Å². The van der Waals surface area contributed by atoms with Crippen LogP contribution >= 0.6 is 11.8 Å². The van der Waals surface area contributed by atoms with Crippen molar-refractivity contribution in [1.29, 1.82) is 0 Å². The van der Waals surface area contributed by atoms with E-state index in [2.05, 4.69) is 4.74 Å². The molecule has 2 atom stereocenters. The summed E-state index contributed by atoms with van der Waals surface area (Å²) in [4.78, 5) is 21.3. The standard InChI is InChI=1S/C7H12O5S/c1-4(8)7(11)12-5(3-13-2)6(9)10/h4-5,8H,3H2,1-2H3,(H,9,10). The van der Waals surface area contributed by atoms with Crippen LogP contribution in [0.2, 0.25) is 0 Å². The number of thioether (sulfide) groups is 1. The van der Waals surface area contributed by atoms with Crippen molar-refractivity contribution < 1.29 is 24.5 Å². The molecule has 0 aromatic rings. The Kier molecular flexibility index (Phi) is 5.48. The number of rotatable bonds is 5. The number of hydrogen-bond donors (Lipinski definition) is 2. The second-order valence-electron chi connectivity index (χ2n) is 2.40. The van der Waals surface area contributed by atoms with E-state index in [1.54, 1.807) is 6.26 Å². The van der Waals surface area contributed by atoms with Crippen LogP contribution in [0.5, 0.6) is 0 Å². The first kappa shape index (κ1) is 12.2. The van der Waals surface area contributed by atoms with Gasteiger partial charge < -0.3 is 14.9 Å². The lowest BCUT2D eigenvalue weighted by Gasteiger charge is -2.13. The lowest BCUT2D eigenvalue weighted by Crippen LogP contribution is -2.33. The second kappa shape index (κ2) is 5.82. The van der Waals surface area contributed by atoms with Gasteiger partial charge in [0.25, 0.3) is 0 Å². The van der Waals surface area contributed by atoms with Gasteiger partial charge in [0.05, 0.1) is 0 Å². The van der Waals surface area contributed by atoms with E-state index in [-0.39, 0.29) is 5.75 Å². The average Bonchev–Trinajstić information content (AvgIpc) is 2.03. The van der Waals surface area contributed by atoms with Crippen molar-refractivity contribution in [2.75, 3.05) is 12.0 Å². The van der Waals surface area contributed by atoms with Gasteiger partial charge in [0, 0.05) is 5.75 Å². The van der Waals surface area contributed by atoms with E-state index in [9.17, 15) is 9.59 Å². The summed E-state index contributed by atoms with van der Waals surface area (Å²) >= 11 is 1.25. The number of carbonyl (C=O) groups is 2. The Balaban J connectivity index is 4.10. The molecule has 0 aromatic carbocycles. The number of carboxylic acid groups (broad SMARTS) is 1. The van der Waals surface area contributed by atoms with E-state index < -0.39 is 24.1 Å². The highest BCUT2D eigenvalue weighted by Crippen LogP contribution is 2.03. The molecule has 0 radical (unpaired) electrons. The number of aliphatic hydroxyl groups excluding tert-OH is 1. The highest BCUT2D eigenvalue weighted by molar-refractivity contribution is 7.98. The van der Waals surface area contributed by atoms with Crippen molar-refractivity contribution >= 4 is 23.7 Å². The number of esters is 1. The first-order chi connectivity index (χ1) is 5.99. The lowest BCUT2D eigenvalue weighted by atomic mass is 10.4. The Labute approximate surface area is 80.1 Å². The second-order valence-corrected chi connectivity index (χ2v) is 3.31. The fourth-order valence-electron chi connectivity index (χ4n) is 0.546. The van der Waals surface area contributed by atoms with Gasteiger partial charge in [-0.25, -0.2) is 9.59 Å². The van der Waals surface area contributed by atoms with Gasteiger partial charge in [-0.2, -0.15) is 11.8 Å². The Morgan fingerprint density at radius 2 is 2.08 bits per heavy atom. The molecule has 0 aromatic heterocycles. The van der Waals surface area contributed by atoms with Gasteiger partial charge in [-0.05, 0) is 13.2 Å². The van der Waals surface area contributed by atoms with Gasteiger partial charge in [0.1, 0.15) is 6.10 Å². The summed E-state index contributed by atoms with van der Waals surface area (Å²) in [6, 6.07) is 0. The van der Waals surface area contributed by atoms with Crippen molar-refractivity contribution in [2.45, 2.75) is 19.1 Å². The maximum absolute atomic E-state index is 10.8. The number of hydrogen-bond acceptors (Lipinski definition) is 5. The van der Waals surface area contributed by atoms with E-state index in [0.29, 0.717) is 0 Å². The Morgan fingerprint density at radius 3 is 2.38 bits per heavy atom. The molecule has 6 heteroatoms. The smallest absolute Gasteiger partial charge is 0.345 e. The van der Waals surface area contributed by atoms with Gasteiger partial charge in [-0.1, -0.05) is 0 Å². The predicted molar refractivity (Wildman–Crippen MR) is 47.6 cm³/mol. The molecule has 5 nitrogen and oxygen atoms in total. The monoisotopic (exact) mass is 208 g/mol. The van der Waals surface area contributed by atoms with Crippen LogP contribution in [0.4, 0.5) is 0 Å². The van der Waals surface area contributed by atoms with Crippen molar-refractivity contribution in [3.63, 3.8) is 0 Å². The summed E-state index contributed by atoms with van der Waals surface area (Å²) in [6.45, 7) is 1.22. The molecular weight excluding hydrogens is 196 g/mol. The Hall–Kier alpha value is -0.750. The van der Waals surface area contributed by atoms with Crippen LogP contribution in [0.15, 0.2) is 0 Å². The van der Waals surface area contributed by atoms with Gasteiger partial charge in [0.15, 0.2) is 0 Å². The minimum Gasteiger partial charge on any atom is -0.478 e. The summed E-state index contributed by atoms with van der Waals surface area (Å²) in [5.74, 6) is -1.95. The average molecular weight is 208 g/mol. The predicted octanol–water partition coefficient (Wildman–Crippen LogP) is -0.273. The largest absolute Gasteiger partial charge is 0.478 e. The summed E-state index contributed by atoms with van der Waals surface area (Å²) < 4.78 is 4.50. The third-order valence-electron chi connectivity index (χ3n) is 1.19. The van der Waals surface area contributed by atoms with Gasteiger partial charge in [-0.15, -0.1) is 0 Å². The van der Waals surface area contributed by atoms with Crippen LogP contribution < -0.4 is 0 Å². The Bertz CT molecular complexity index is 191. The van der Waals surface area contributed by atoms with E-state index >= 15 is 0 Å². The van der Waals surface area contributed by atoms with Gasteiger partial charge >= 0.3 is 11.9 Å². The van der Waals surface area contributed by atoms with Crippen LogP contribution in [-0.4, -0.2) is 46.4 Å². The summed E-state index contributed by atoms with van der Waals surface area (Å²) in [5, 5.41) is 17.3. The molecule has 0 fully saturated rings. The molecule has 0 amide bonds. The van der Waals surface area contributed by atoms with Crippen molar-refractivity contribution in [2.24, 2.45) is 0 Å². The third-order valence-corrected chi connectivity index (χ3v) is 1.83. The third kappa shape index (κ3) is 4.74. The fraction of sp³-hybridized carbons (Fsp3) is 0.714. The molecule has 13 heavy (non-hydrogen) atoms. The number of carbonyl (C=O) groups excluding carboxylic acids is 1. The molecule has 0 aliphatic carbocycles. The number of aliphatic carboxylic acids is 1. The highest BCUT2D eigenvalue weighted by atomic mass is 32.2. The quantitative estimate of drug-likeness (QED) is 0.605. The highest BCUT2D eigenvalue weighted by Gasteiger charge is 2.23. The number of aliphatic hydroxyl groups is 1. The topological polar surface area (TPSA) is 83.8 Å². The van der Waals surface area contributed by atoms with Crippen molar-refractivity contribution in [3.05, 3.63) is 0 Å². The van der Waals surface area contributed by atoms with Crippen molar-refractivity contribution in [1.82, 2.24) is 0 Å². The maximum Gasteiger partial charge on any atom is 0.345 e. The zero-order valence-corrected chi connectivity index (χ0v) is 8.21. The van der Waals surface area contributed by atoms with E-state index in [1.165, 1.54) is 18.7 Å². The molecule has 2 unspecified atom stereocenters. The summed E-state index contributed by atoms with van der Waals surface area (Å²) in [5.41, 5.74) is 0. The van der Waals surface area contributed by atoms with Crippen LogP contribution in [0.25, 0.3) is 0 Å². The maximum atomic E-state index is 10.8. The zero-order valence-electron chi connectivity index (χ0n) is 7.39. The van der Waals surface area contributed by atoms with Gasteiger partial charge in [0.2, 0.25) is 6.10 Å². The molecule has 76 valence electrons. The van der Waals surface area contributed by atoms with Crippen LogP contribution in [0.3, 0.4) is 0 Å². The molecule has 0 bridgehead atoms. The molecule has 0 rings (SSSR count). The zero-order chi connectivity index (χ0) is 10.4. The molecule has 0 saturated carbocycles. The minimum absolute atomic E-state index is 0.174.